The van der Waals surface area contributed by atoms with Crippen LogP contribution in [-0.2, 0) is 15.3 Å². The molecular weight excluding hydrogens is 547 g/mol. The van der Waals surface area contributed by atoms with Crippen LogP contribution in [0.4, 0.5) is 5.69 Å². The SMILES string of the molecule is CNc1ccc(-c2cc3c(O)cc4c(c3cc2SC)-c2ccc(S(C)(=O)=O)cc2C42CC(C)(C)CC(C)(C)C2)cc1. The van der Waals surface area contributed by atoms with Crippen LogP contribution < -0.4 is 5.32 Å². The van der Waals surface area contributed by atoms with Crippen molar-refractivity contribution in [3.8, 4) is 28.0 Å². The van der Waals surface area contributed by atoms with E-state index in [0.29, 0.717) is 4.90 Å². The molecule has 2 aliphatic rings. The lowest BCUT2D eigenvalue weighted by Crippen LogP contribution is -2.44. The lowest BCUT2D eigenvalue weighted by molar-refractivity contribution is 0.0644. The first-order valence-electron chi connectivity index (χ1n) is 14.2. The van der Waals surface area contributed by atoms with Crippen molar-refractivity contribution in [2.24, 2.45) is 10.8 Å². The van der Waals surface area contributed by atoms with Gasteiger partial charge in [-0.3, -0.25) is 0 Å². The van der Waals surface area contributed by atoms with Crippen molar-refractivity contribution in [1.82, 2.24) is 0 Å². The Balaban J connectivity index is 1.69. The molecule has 0 aromatic heterocycles. The maximum atomic E-state index is 12.7. The fourth-order valence-corrected chi connectivity index (χ4v) is 9.60. The standard InChI is InChI=1S/C35H39NO3S2/c1-33(2)18-34(3,4)20-35(19-33)28-14-23(41(7,38)39)12-13-24(28)32-27-16-31(40-6)25(15-26(27)30(37)17-29(32)35)21-8-10-22(36-5)11-9-21/h8-17,36-37H,18-20H2,1-7H3. The molecule has 0 heterocycles. The molecule has 1 saturated carbocycles. The zero-order chi connectivity index (χ0) is 29.5. The van der Waals surface area contributed by atoms with Gasteiger partial charge in [0, 0.05) is 34.7 Å². The molecule has 4 aromatic rings. The van der Waals surface area contributed by atoms with Gasteiger partial charge in [-0.25, -0.2) is 8.42 Å². The van der Waals surface area contributed by atoms with E-state index in [9.17, 15) is 13.5 Å². The minimum Gasteiger partial charge on any atom is -0.507 e. The fraction of sp³-hybridized carbons (Fsp3) is 0.371. The van der Waals surface area contributed by atoms with E-state index in [0.717, 1.165) is 74.0 Å². The van der Waals surface area contributed by atoms with Crippen molar-refractivity contribution < 1.29 is 13.5 Å². The minimum absolute atomic E-state index is 0.0418. The van der Waals surface area contributed by atoms with Gasteiger partial charge in [-0.1, -0.05) is 45.9 Å². The Bertz CT molecular complexity index is 1800. The Kier molecular flexibility index (Phi) is 6.37. The summed E-state index contributed by atoms with van der Waals surface area (Å²) in [4.78, 5) is 1.50. The first-order chi connectivity index (χ1) is 19.2. The van der Waals surface area contributed by atoms with E-state index in [4.69, 9.17) is 0 Å². The zero-order valence-corrected chi connectivity index (χ0v) is 26.6. The number of benzene rings is 4. The van der Waals surface area contributed by atoms with E-state index in [1.54, 1.807) is 17.8 Å². The van der Waals surface area contributed by atoms with E-state index >= 15 is 0 Å². The van der Waals surface area contributed by atoms with Crippen molar-refractivity contribution >= 4 is 38.1 Å². The van der Waals surface area contributed by atoms with E-state index in [1.165, 1.54) is 6.26 Å². The number of sulfone groups is 1. The number of fused-ring (bicyclic) bond motifs is 7. The van der Waals surface area contributed by atoms with Gasteiger partial charge in [0.2, 0.25) is 0 Å². The normalized spacial score (nSPS) is 18.3. The molecule has 6 rings (SSSR count). The molecule has 0 atom stereocenters. The molecule has 2 aliphatic carbocycles. The summed E-state index contributed by atoms with van der Waals surface area (Å²) in [6.07, 6.45) is 6.26. The third-order valence-corrected chi connectivity index (χ3v) is 11.0. The Morgan fingerprint density at radius 2 is 1.46 bits per heavy atom. The van der Waals surface area contributed by atoms with Crippen LogP contribution in [0, 0.1) is 10.8 Å². The van der Waals surface area contributed by atoms with Crippen LogP contribution >= 0.6 is 11.8 Å². The Hall–Kier alpha value is -2.96. The molecule has 0 amide bonds. The second-order valence-electron chi connectivity index (χ2n) is 13.7. The average Bonchev–Trinajstić information content (AvgIpc) is 3.13. The van der Waals surface area contributed by atoms with E-state index in [2.05, 4.69) is 75.7 Å². The van der Waals surface area contributed by atoms with Crippen molar-refractivity contribution in [2.45, 2.75) is 62.2 Å². The smallest absolute Gasteiger partial charge is 0.175 e. The van der Waals surface area contributed by atoms with Crippen LogP contribution in [-0.4, -0.2) is 33.1 Å². The lowest BCUT2D eigenvalue weighted by atomic mass is 9.52. The topological polar surface area (TPSA) is 66.4 Å². The summed E-state index contributed by atoms with van der Waals surface area (Å²) in [6.45, 7) is 9.30. The molecule has 1 fully saturated rings. The summed E-state index contributed by atoms with van der Waals surface area (Å²) < 4.78 is 25.5. The molecule has 0 bridgehead atoms. The molecule has 4 nitrogen and oxygen atoms in total. The summed E-state index contributed by atoms with van der Waals surface area (Å²) in [7, 11) is -1.47. The third kappa shape index (κ3) is 4.54. The summed E-state index contributed by atoms with van der Waals surface area (Å²) in [5, 5.41) is 16.7. The van der Waals surface area contributed by atoms with Gasteiger partial charge >= 0.3 is 0 Å². The van der Waals surface area contributed by atoms with Crippen LogP contribution in [0.1, 0.15) is 58.1 Å². The van der Waals surface area contributed by atoms with Gasteiger partial charge in [0.25, 0.3) is 0 Å². The number of phenolic OH excluding ortho intramolecular Hbond substituents is 1. The number of hydrogen-bond acceptors (Lipinski definition) is 5. The molecule has 2 N–H and O–H groups in total. The molecule has 1 spiro atoms. The summed E-state index contributed by atoms with van der Waals surface area (Å²) in [6, 6.07) is 20.4. The van der Waals surface area contributed by atoms with E-state index in [1.807, 2.05) is 25.2 Å². The maximum Gasteiger partial charge on any atom is 0.175 e. The van der Waals surface area contributed by atoms with Crippen molar-refractivity contribution in [3.63, 3.8) is 0 Å². The highest BCUT2D eigenvalue weighted by atomic mass is 32.2. The van der Waals surface area contributed by atoms with Crippen LogP contribution in [0.25, 0.3) is 33.0 Å². The van der Waals surface area contributed by atoms with Crippen LogP contribution in [0.2, 0.25) is 0 Å². The molecule has 41 heavy (non-hydrogen) atoms. The molecule has 0 radical (unpaired) electrons. The first-order valence-corrected chi connectivity index (χ1v) is 17.3. The maximum absolute atomic E-state index is 12.7. The van der Waals surface area contributed by atoms with Gasteiger partial charge in [-0.2, -0.15) is 0 Å². The Labute approximate surface area is 248 Å². The second kappa shape index (κ2) is 9.27. The number of anilines is 1. The van der Waals surface area contributed by atoms with Gasteiger partial charge in [-0.05, 0) is 118 Å². The highest BCUT2D eigenvalue weighted by Crippen LogP contribution is 2.65. The quantitative estimate of drug-likeness (QED) is 0.234. The highest BCUT2D eigenvalue weighted by molar-refractivity contribution is 7.98. The Morgan fingerprint density at radius 1 is 0.805 bits per heavy atom. The number of rotatable bonds is 4. The summed E-state index contributed by atoms with van der Waals surface area (Å²) >= 11 is 1.70. The van der Waals surface area contributed by atoms with Gasteiger partial charge in [0.1, 0.15) is 5.75 Å². The van der Waals surface area contributed by atoms with Crippen LogP contribution in [0.3, 0.4) is 0 Å². The number of thioether (sulfide) groups is 1. The van der Waals surface area contributed by atoms with Crippen LogP contribution in [0.15, 0.2) is 70.5 Å². The number of aromatic hydroxyl groups is 1. The van der Waals surface area contributed by atoms with E-state index in [-0.39, 0.29) is 22.0 Å². The fourth-order valence-electron chi connectivity index (χ4n) is 8.32. The second-order valence-corrected chi connectivity index (χ2v) is 16.5. The molecule has 0 aliphatic heterocycles. The molecular formula is C35H39NO3S2. The number of nitrogens with one attached hydrogen (secondary N) is 1. The first kappa shape index (κ1) is 28.2. The molecule has 4 aromatic carbocycles. The van der Waals surface area contributed by atoms with Crippen LogP contribution in [0.5, 0.6) is 5.75 Å². The Morgan fingerprint density at radius 3 is 2.05 bits per heavy atom. The van der Waals surface area contributed by atoms with Gasteiger partial charge in [-0.15, -0.1) is 11.8 Å². The summed E-state index contributed by atoms with van der Waals surface area (Å²) in [5.74, 6) is 0.274. The van der Waals surface area contributed by atoms with Crippen molar-refractivity contribution in [2.75, 3.05) is 24.9 Å². The molecule has 6 heteroatoms. The van der Waals surface area contributed by atoms with Crippen molar-refractivity contribution in [3.05, 3.63) is 71.8 Å². The predicted octanol–water partition coefficient (Wildman–Crippen LogP) is 8.88. The third-order valence-electron chi connectivity index (χ3n) is 9.16. The minimum atomic E-state index is -3.38. The lowest BCUT2D eigenvalue weighted by Gasteiger charge is -2.51. The van der Waals surface area contributed by atoms with E-state index < -0.39 is 9.84 Å². The van der Waals surface area contributed by atoms with Crippen molar-refractivity contribution in [1.29, 1.82) is 0 Å². The monoisotopic (exact) mass is 585 g/mol. The average molecular weight is 586 g/mol. The number of hydrogen-bond donors (Lipinski definition) is 2. The summed E-state index contributed by atoms with van der Waals surface area (Å²) in [5.41, 5.74) is 7.36. The van der Waals surface area contributed by atoms with Gasteiger partial charge in [0.05, 0.1) is 4.90 Å². The largest absolute Gasteiger partial charge is 0.507 e. The highest BCUT2D eigenvalue weighted by Gasteiger charge is 2.54. The molecule has 0 saturated heterocycles. The van der Waals surface area contributed by atoms with Gasteiger partial charge in [0.15, 0.2) is 9.84 Å². The zero-order valence-electron chi connectivity index (χ0n) is 25.0. The predicted molar refractivity (Wildman–Crippen MR) is 173 cm³/mol. The number of phenols is 1. The molecule has 214 valence electrons. The molecule has 0 unspecified atom stereocenters. The van der Waals surface area contributed by atoms with Gasteiger partial charge < -0.3 is 10.4 Å².